The predicted molar refractivity (Wildman–Crippen MR) is 113 cm³/mol. The average molecular weight is 410 g/mol. The Bertz CT molecular complexity index is 949. The van der Waals surface area contributed by atoms with Crippen molar-refractivity contribution in [3.05, 3.63) is 35.3 Å². The van der Waals surface area contributed by atoms with E-state index in [1.54, 1.807) is 19.4 Å². The number of hydrogen-bond acceptors (Lipinski definition) is 7. The fraction of sp³-hybridized carbons (Fsp3) is 0.429. The van der Waals surface area contributed by atoms with Gasteiger partial charge in [-0.25, -0.2) is 14.8 Å². The lowest BCUT2D eigenvalue weighted by Crippen LogP contribution is -2.48. The number of methoxy groups -OCH3 is 1. The normalized spacial score (nSPS) is 18.2. The van der Waals surface area contributed by atoms with Gasteiger partial charge in [0.15, 0.2) is 5.69 Å². The Hall–Kier alpha value is -3.54. The smallest absolute Gasteiger partial charge is 0.404 e. The number of amides is 1. The van der Waals surface area contributed by atoms with E-state index in [9.17, 15) is 10.1 Å². The zero-order chi connectivity index (χ0) is 21.7. The Morgan fingerprint density at radius 1 is 1.27 bits per heavy atom. The van der Waals surface area contributed by atoms with Gasteiger partial charge in [-0.05, 0) is 44.4 Å². The molecule has 0 spiro atoms. The van der Waals surface area contributed by atoms with E-state index in [1.165, 1.54) is 0 Å². The molecule has 9 nitrogen and oxygen atoms in total. The van der Waals surface area contributed by atoms with Gasteiger partial charge >= 0.3 is 6.09 Å². The third-order valence-electron chi connectivity index (χ3n) is 5.22. The van der Waals surface area contributed by atoms with Crippen LogP contribution >= 0.6 is 0 Å². The number of hydrogen-bond donors (Lipinski definition) is 4. The first-order valence-electron chi connectivity index (χ1n) is 9.86. The second-order valence-electron chi connectivity index (χ2n) is 7.39. The molecule has 2 aromatic rings. The van der Waals surface area contributed by atoms with E-state index in [-0.39, 0.29) is 17.8 Å². The zero-order valence-corrected chi connectivity index (χ0v) is 17.3. The zero-order valence-electron chi connectivity index (χ0n) is 17.3. The van der Waals surface area contributed by atoms with Crippen LogP contribution in [-0.4, -0.2) is 40.4 Å². The summed E-state index contributed by atoms with van der Waals surface area (Å²) in [6.07, 6.45) is 4.22. The minimum Gasteiger partial charge on any atom is -0.495 e. The largest absolute Gasteiger partial charge is 0.495 e. The summed E-state index contributed by atoms with van der Waals surface area (Å²) in [6, 6.07) is 5.53. The number of nitrogens with one attached hydrogen (secondary N) is 3. The molecule has 0 saturated heterocycles. The van der Waals surface area contributed by atoms with E-state index >= 15 is 0 Å². The van der Waals surface area contributed by atoms with Crippen LogP contribution in [0.2, 0.25) is 0 Å². The molecule has 1 aliphatic carbocycles. The number of nitriles is 1. The monoisotopic (exact) mass is 410 g/mol. The van der Waals surface area contributed by atoms with E-state index in [0.29, 0.717) is 17.2 Å². The van der Waals surface area contributed by atoms with Gasteiger partial charge in [0, 0.05) is 6.04 Å². The van der Waals surface area contributed by atoms with Crippen molar-refractivity contribution in [2.24, 2.45) is 0 Å². The highest BCUT2D eigenvalue weighted by Gasteiger charge is 2.26. The molecule has 1 saturated carbocycles. The van der Waals surface area contributed by atoms with Gasteiger partial charge in [-0.3, -0.25) is 0 Å². The van der Waals surface area contributed by atoms with Gasteiger partial charge in [0.25, 0.3) is 0 Å². The number of carboxylic acid groups (broad SMARTS) is 1. The van der Waals surface area contributed by atoms with Crippen molar-refractivity contribution in [1.82, 2.24) is 15.3 Å². The van der Waals surface area contributed by atoms with E-state index < -0.39 is 6.09 Å². The fourth-order valence-corrected chi connectivity index (χ4v) is 3.91. The van der Waals surface area contributed by atoms with Crippen LogP contribution in [-0.2, 0) is 0 Å². The van der Waals surface area contributed by atoms with Crippen molar-refractivity contribution >= 4 is 23.3 Å². The molecule has 4 N–H and O–H groups in total. The number of pyridine rings is 2. The molecule has 0 bridgehead atoms. The maximum Gasteiger partial charge on any atom is 0.404 e. The molecule has 158 valence electrons. The molecule has 2 aromatic heterocycles. The number of carbonyl (C=O) groups is 1. The first-order chi connectivity index (χ1) is 14.4. The maximum atomic E-state index is 11.1. The van der Waals surface area contributed by atoms with E-state index in [4.69, 9.17) is 9.84 Å². The lowest BCUT2D eigenvalue weighted by Gasteiger charge is -2.32. The lowest BCUT2D eigenvalue weighted by molar-refractivity contribution is 0.184. The summed E-state index contributed by atoms with van der Waals surface area (Å²) < 4.78 is 5.35. The summed E-state index contributed by atoms with van der Waals surface area (Å²) in [5.74, 6) is 1.31. The molecular formula is C21H26N6O3. The summed E-state index contributed by atoms with van der Waals surface area (Å²) in [6.45, 7) is 3.79. The van der Waals surface area contributed by atoms with E-state index in [0.717, 1.165) is 42.7 Å². The summed E-state index contributed by atoms with van der Waals surface area (Å²) in [5, 5.41) is 27.7. The van der Waals surface area contributed by atoms with Gasteiger partial charge in [0.2, 0.25) is 0 Å². The van der Waals surface area contributed by atoms with E-state index in [1.807, 2.05) is 19.9 Å². The van der Waals surface area contributed by atoms with Gasteiger partial charge in [-0.1, -0.05) is 12.8 Å². The highest BCUT2D eigenvalue weighted by molar-refractivity contribution is 5.68. The van der Waals surface area contributed by atoms with Crippen LogP contribution in [0.15, 0.2) is 18.3 Å². The molecule has 9 heteroatoms. The Labute approximate surface area is 175 Å². The summed E-state index contributed by atoms with van der Waals surface area (Å²) in [5.41, 5.74) is 3.15. The fourth-order valence-electron chi connectivity index (χ4n) is 3.91. The second kappa shape index (κ2) is 9.31. The molecule has 1 aliphatic rings. The molecule has 0 aliphatic heterocycles. The first-order valence-corrected chi connectivity index (χ1v) is 9.86. The Morgan fingerprint density at radius 3 is 2.63 bits per heavy atom. The predicted octanol–water partition coefficient (Wildman–Crippen LogP) is 3.71. The van der Waals surface area contributed by atoms with Crippen LogP contribution in [0.25, 0.3) is 0 Å². The first kappa shape index (κ1) is 21.2. The molecule has 0 radical (unpaired) electrons. The minimum atomic E-state index is -1.02. The van der Waals surface area contributed by atoms with Gasteiger partial charge < -0.3 is 25.8 Å². The van der Waals surface area contributed by atoms with Gasteiger partial charge in [0.1, 0.15) is 17.6 Å². The summed E-state index contributed by atoms with van der Waals surface area (Å²) in [7, 11) is 1.61. The molecule has 1 amide bonds. The van der Waals surface area contributed by atoms with E-state index in [2.05, 4.69) is 32.0 Å². The average Bonchev–Trinajstić information content (AvgIpc) is 2.69. The molecule has 1 fully saturated rings. The van der Waals surface area contributed by atoms with Crippen molar-refractivity contribution in [3.63, 3.8) is 0 Å². The highest BCUT2D eigenvalue weighted by Crippen LogP contribution is 2.28. The Kier molecular flexibility index (Phi) is 6.57. The lowest BCUT2D eigenvalue weighted by atomic mass is 9.90. The maximum absolute atomic E-state index is 11.1. The quantitative estimate of drug-likeness (QED) is 0.567. The van der Waals surface area contributed by atoms with Crippen LogP contribution < -0.4 is 20.7 Å². The molecule has 2 heterocycles. The standard InChI is InChI=1S/C21H26N6O3/c1-12-8-19(24-13(2)20(12)30-3)26-17-9-14(11-23-18(17)10-22)25-15-6-4-5-7-16(15)27-21(28)29/h8-9,11,15-16,25,27H,4-7H2,1-3H3,(H,24,26)(H,28,29). The van der Waals surface area contributed by atoms with Crippen molar-refractivity contribution in [2.75, 3.05) is 17.7 Å². The third-order valence-corrected chi connectivity index (χ3v) is 5.22. The number of ether oxygens (including phenoxy) is 1. The number of aryl methyl sites for hydroxylation is 2. The molecule has 2 atom stereocenters. The van der Waals surface area contributed by atoms with Gasteiger partial charge in [0.05, 0.1) is 36.4 Å². The summed E-state index contributed by atoms with van der Waals surface area (Å²) >= 11 is 0. The van der Waals surface area contributed by atoms with Crippen LogP contribution in [0.1, 0.15) is 42.6 Å². The number of aromatic nitrogens is 2. The Balaban J connectivity index is 1.83. The molecule has 2 unspecified atom stereocenters. The summed E-state index contributed by atoms with van der Waals surface area (Å²) in [4.78, 5) is 19.8. The highest BCUT2D eigenvalue weighted by atomic mass is 16.5. The topological polar surface area (TPSA) is 132 Å². The second-order valence-corrected chi connectivity index (χ2v) is 7.39. The van der Waals surface area contributed by atoms with Crippen LogP contribution in [0, 0.1) is 25.2 Å². The number of anilines is 3. The van der Waals surface area contributed by atoms with Crippen LogP contribution in [0.4, 0.5) is 22.0 Å². The van der Waals surface area contributed by atoms with Crippen LogP contribution in [0.3, 0.4) is 0 Å². The van der Waals surface area contributed by atoms with Gasteiger partial charge in [-0.2, -0.15) is 5.26 Å². The molecular weight excluding hydrogens is 384 g/mol. The van der Waals surface area contributed by atoms with Crippen molar-refractivity contribution < 1.29 is 14.6 Å². The minimum absolute atomic E-state index is 0.0407. The van der Waals surface area contributed by atoms with Crippen LogP contribution in [0.5, 0.6) is 5.75 Å². The van der Waals surface area contributed by atoms with Crippen molar-refractivity contribution in [1.29, 1.82) is 5.26 Å². The number of nitrogens with zero attached hydrogens (tertiary/aromatic N) is 3. The molecule has 3 rings (SSSR count). The van der Waals surface area contributed by atoms with Crippen molar-refractivity contribution in [2.45, 2.75) is 51.6 Å². The molecule has 30 heavy (non-hydrogen) atoms. The van der Waals surface area contributed by atoms with Gasteiger partial charge in [-0.15, -0.1) is 0 Å². The van der Waals surface area contributed by atoms with Crippen molar-refractivity contribution in [3.8, 4) is 11.8 Å². The SMILES string of the molecule is COc1c(C)cc(Nc2cc(NC3CCCCC3NC(=O)O)cnc2C#N)nc1C. The Morgan fingerprint density at radius 2 is 2.00 bits per heavy atom. The third kappa shape index (κ3) is 4.89. The molecule has 0 aromatic carbocycles. The number of rotatable bonds is 6.